The van der Waals surface area contributed by atoms with Gasteiger partial charge in [0, 0.05) is 11.9 Å². The predicted octanol–water partition coefficient (Wildman–Crippen LogP) is 2.72. The summed E-state index contributed by atoms with van der Waals surface area (Å²) in [5.41, 5.74) is 6.71. The molecule has 1 heterocycles. The van der Waals surface area contributed by atoms with Gasteiger partial charge in [-0.15, -0.1) is 11.3 Å². The van der Waals surface area contributed by atoms with Crippen LogP contribution in [0.3, 0.4) is 0 Å². The fourth-order valence-electron chi connectivity index (χ4n) is 1.29. The summed E-state index contributed by atoms with van der Waals surface area (Å²) in [4.78, 5) is 4.42. The van der Waals surface area contributed by atoms with E-state index in [9.17, 15) is 0 Å². The van der Waals surface area contributed by atoms with Gasteiger partial charge in [-0.2, -0.15) is 0 Å². The minimum atomic E-state index is 0.583. The molecule has 0 fully saturated rings. The van der Waals surface area contributed by atoms with Crippen molar-refractivity contribution < 1.29 is 0 Å². The Morgan fingerprint density at radius 2 is 2.23 bits per heavy atom. The van der Waals surface area contributed by atoms with Crippen LogP contribution in [0, 0.1) is 0 Å². The van der Waals surface area contributed by atoms with Crippen molar-refractivity contribution in [3.05, 3.63) is 16.1 Å². The Morgan fingerprint density at radius 1 is 1.38 bits per heavy atom. The molecule has 0 radical (unpaired) electrons. The first-order valence-corrected chi connectivity index (χ1v) is 5.88. The molecule has 0 unspecified atom stereocenters. The van der Waals surface area contributed by atoms with Crippen LogP contribution in [-0.4, -0.2) is 4.98 Å². The number of nitrogens with zero attached hydrogens (tertiary/aromatic N) is 1. The third-order valence-corrected chi connectivity index (χ3v) is 2.98. The summed E-state index contributed by atoms with van der Waals surface area (Å²) in [5, 5.41) is 3.19. The third-order valence-electron chi connectivity index (χ3n) is 2.06. The highest BCUT2D eigenvalue weighted by molar-refractivity contribution is 7.09. The highest BCUT2D eigenvalue weighted by Crippen LogP contribution is 2.12. The molecule has 3 heteroatoms. The number of hydrogen-bond acceptors (Lipinski definition) is 3. The molecule has 0 atom stereocenters. The summed E-state index contributed by atoms with van der Waals surface area (Å²) in [6.07, 6.45) is 6.35. The van der Waals surface area contributed by atoms with Gasteiger partial charge in [0.15, 0.2) is 0 Å². The lowest BCUT2D eigenvalue weighted by Crippen LogP contribution is -1.95. The van der Waals surface area contributed by atoms with E-state index in [2.05, 4.69) is 17.3 Å². The Balaban J connectivity index is 2.20. The molecule has 1 rings (SSSR count). The summed E-state index contributed by atoms with van der Waals surface area (Å²) in [5.74, 6) is 0. The number of nitrogens with two attached hydrogens (primary N) is 1. The van der Waals surface area contributed by atoms with Crippen LogP contribution in [0.1, 0.15) is 43.3 Å². The molecule has 1 aromatic rings. The van der Waals surface area contributed by atoms with Crippen LogP contribution in [-0.2, 0) is 13.0 Å². The number of rotatable bonds is 6. The fraction of sp³-hybridized carbons (Fsp3) is 0.700. The number of aromatic nitrogens is 1. The Morgan fingerprint density at radius 3 is 2.85 bits per heavy atom. The SMILES string of the molecule is CCCCCCc1csc(CN)n1. The van der Waals surface area contributed by atoms with Crippen molar-refractivity contribution in [2.45, 2.75) is 45.6 Å². The first-order valence-electron chi connectivity index (χ1n) is 5.00. The van der Waals surface area contributed by atoms with Gasteiger partial charge in [-0.1, -0.05) is 26.2 Å². The van der Waals surface area contributed by atoms with E-state index in [4.69, 9.17) is 5.73 Å². The molecule has 0 spiro atoms. The van der Waals surface area contributed by atoms with Crippen LogP contribution in [0.25, 0.3) is 0 Å². The zero-order valence-corrected chi connectivity index (χ0v) is 9.07. The molecule has 74 valence electrons. The topological polar surface area (TPSA) is 38.9 Å². The summed E-state index contributed by atoms with van der Waals surface area (Å²) in [7, 11) is 0. The second-order valence-electron chi connectivity index (χ2n) is 3.25. The maximum Gasteiger partial charge on any atom is 0.106 e. The summed E-state index contributed by atoms with van der Waals surface area (Å²) in [6, 6.07) is 0. The zero-order valence-electron chi connectivity index (χ0n) is 8.25. The second kappa shape index (κ2) is 6.11. The highest BCUT2D eigenvalue weighted by Gasteiger charge is 1.99. The average molecular weight is 198 g/mol. The Labute approximate surface area is 84.2 Å². The molecule has 0 amide bonds. The molecule has 13 heavy (non-hydrogen) atoms. The van der Waals surface area contributed by atoms with Crippen LogP contribution < -0.4 is 5.73 Å². The normalized spacial score (nSPS) is 10.6. The molecule has 2 N–H and O–H groups in total. The lowest BCUT2D eigenvalue weighted by atomic mass is 10.1. The van der Waals surface area contributed by atoms with Gasteiger partial charge in [-0.25, -0.2) is 4.98 Å². The van der Waals surface area contributed by atoms with Gasteiger partial charge >= 0.3 is 0 Å². The standard InChI is InChI=1S/C10H18N2S/c1-2-3-4-5-6-9-8-13-10(7-11)12-9/h8H,2-7,11H2,1H3. The lowest BCUT2D eigenvalue weighted by Gasteiger charge is -1.95. The quantitative estimate of drug-likeness (QED) is 0.714. The Hall–Kier alpha value is -0.410. The number of thiazole rings is 1. The lowest BCUT2D eigenvalue weighted by molar-refractivity contribution is 0.661. The van der Waals surface area contributed by atoms with E-state index in [-0.39, 0.29) is 0 Å². The first kappa shape index (κ1) is 10.7. The molecule has 2 nitrogen and oxygen atoms in total. The van der Waals surface area contributed by atoms with Crippen LogP contribution >= 0.6 is 11.3 Å². The van der Waals surface area contributed by atoms with Gasteiger partial charge in [0.2, 0.25) is 0 Å². The molecule has 0 aromatic carbocycles. The molecule has 1 aromatic heterocycles. The monoisotopic (exact) mass is 198 g/mol. The molecule has 0 aliphatic heterocycles. The van der Waals surface area contributed by atoms with Gasteiger partial charge in [0.05, 0.1) is 5.69 Å². The largest absolute Gasteiger partial charge is 0.325 e. The first-order chi connectivity index (χ1) is 6.36. The zero-order chi connectivity index (χ0) is 9.52. The van der Waals surface area contributed by atoms with E-state index in [1.54, 1.807) is 11.3 Å². The Kier molecular flexibility index (Phi) is 5.01. The van der Waals surface area contributed by atoms with Gasteiger partial charge in [-0.05, 0) is 12.8 Å². The van der Waals surface area contributed by atoms with Gasteiger partial charge in [-0.3, -0.25) is 0 Å². The second-order valence-corrected chi connectivity index (χ2v) is 4.19. The van der Waals surface area contributed by atoms with Crippen molar-refractivity contribution in [1.82, 2.24) is 4.98 Å². The molecular formula is C10H18N2S. The van der Waals surface area contributed by atoms with Crippen LogP contribution in [0.4, 0.5) is 0 Å². The smallest absolute Gasteiger partial charge is 0.106 e. The number of unbranched alkanes of at least 4 members (excludes halogenated alkanes) is 3. The van der Waals surface area contributed by atoms with Crippen molar-refractivity contribution in [2.75, 3.05) is 0 Å². The van der Waals surface area contributed by atoms with E-state index in [0.717, 1.165) is 11.4 Å². The average Bonchev–Trinajstić information content (AvgIpc) is 2.60. The van der Waals surface area contributed by atoms with Gasteiger partial charge < -0.3 is 5.73 Å². The van der Waals surface area contributed by atoms with Crippen LogP contribution in [0.5, 0.6) is 0 Å². The number of hydrogen-bond donors (Lipinski definition) is 1. The minimum absolute atomic E-state index is 0.583. The van der Waals surface area contributed by atoms with Crippen LogP contribution in [0.2, 0.25) is 0 Å². The number of aryl methyl sites for hydroxylation is 1. The molecule has 0 aliphatic rings. The van der Waals surface area contributed by atoms with Crippen molar-refractivity contribution in [1.29, 1.82) is 0 Å². The van der Waals surface area contributed by atoms with Crippen molar-refractivity contribution in [3.8, 4) is 0 Å². The Bertz CT molecular complexity index is 233. The van der Waals surface area contributed by atoms with Crippen molar-refractivity contribution in [2.24, 2.45) is 5.73 Å². The van der Waals surface area contributed by atoms with Crippen molar-refractivity contribution in [3.63, 3.8) is 0 Å². The summed E-state index contributed by atoms with van der Waals surface area (Å²) in [6.45, 7) is 2.81. The maximum absolute atomic E-state index is 5.49. The van der Waals surface area contributed by atoms with E-state index >= 15 is 0 Å². The summed E-state index contributed by atoms with van der Waals surface area (Å²) < 4.78 is 0. The molecular weight excluding hydrogens is 180 g/mol. The predicted molar refractivity (Wildman–Crippen MR) is 57.9 cm³/mol. The summed E-state index contributed by atoms with van der Waals surface area (Å²) >= 11 is 1.68. The molecule has 0 saturated heterocycles. The highest BCUT2D eigenvalue weighted by atomic mass is 32.1. The van der Waals surface area contributed by atoms with E-state index in [0.29, 0.717) is 6.54 Å². The van der Waals surface area contributed by atoms with E-state index < -0.39 is 0 Å². The van der Waals surface area contributed by atoms with Gasteiger partial charge in [0.25, 0.3) is 0 Å². The molecule has 0 saturated carbocycles. The molecule has 0 bridgehead atoms. The van der Waals surface area contributed by atoms with Crippen LogP contribution in [0.15, 0.2) is 5.38 Å². The third kappa shape index (κ3) is 3.87. The van der Waals surface area contributed by atoms with Gasteiger partial charge in [0.1, 0.15) is 5.01 Å². The fourth-order valence-corrected chi connectivity index (χ4v) is 2.00. The molecule has 0 aliphatic carbocycles. The minimum Gasteiger partial charge on any atom is -0.325 e. The van der Waals surface area contributed by atoms with E-state index in [1.807, 2.05) is 0 Å². The van der Waals surface area contributed by atoms with Crippen molar-refractivity contribution >= 4 is 11.3 Å². The van der Waals surface area contributed by atoms with E-state index in [1.165, 1.54) is 31.4 Å². The maximum atomic E-state index is 5.49.